The number of carbonyl (C=O) groups excluding carboxylic acids is 1. The maximum Gasteiger partial charge on any atom is 0.305 e. The van der Waals surface area contributed by atoms with Gasteiger partial charge in [0.25, 0.3) is 0 Å². The number of aliphatic carboxylic acids is 1. The van der Waals surface area contributed by atoms with Crippen molar-refractivity contribution in [1.82, 2.24) is 5.32 Å². The number of carboxylic acid groups (broad SMARTS) is 1. The van der Waals surface area contributed by atoms with Gasteiger partial charge in [-0.25, -0.2) is 0 Å². The van der Waals surface area contributed by atoms with E-state index in [4.69, 9.17) is 5.11 Å². The monoisotopic (exact) mass is 291 g/mol. The molecule has 0 spiro atoms. The summed E-state index contributed by atoms with van der Waals surface area (Å²) < 4.78 is 0. The molecule has 0 saturated carbocycles. The number of aryl methyl sites for hydroxylation is 3. The van der Waals surface area contributed by atoms with Gasteiger partial charge in [0.05, 0.1) is 12.5 Å². The molecule has 4 heteroatoms. The first kappa shape index (κ1) is 17.4. The molecule has 1 aromatic carbocycles. The third kappa shape index (κ3) is 4.97. The predicted molar refractivity (Wildman–Crippen MR) is 83.9 cm³/mol. The normalized spacial score (nSPS) is 12.2. The first-order chi connectivity index (χ1) is 9.86. The number of rotatable bonds is 8. The summed E-state index contributed by atoms with van der Waals surface area (Å²) in [7, 11) is 0. The van der Waals surface area contributed by atoms with Crippen molar-refractivity contribution in [2.45, 2.75) is 53.0 Å². The lowest BCUT2D eigenvalue weighted by Crippen LogP contribution is -2.39. The molecule has 4 nitrogen and oxygen atoms in total. The summed E-state index contributed by atoms with van der Waals surface area (Å²) in [6, 6.07) is 3.27. The summed E-state index contributed by atoms with van der Waals surface area (Å²) in [5, 5.41) is 12.1. The second-order valence-electron chi connectivity index (χ2n) is 5.60. The highest BCUT2D eigenvalue weighted by atomic mass is 16.4. The van der Waals surface area contributed by atoms with E-state index in [1.165, 1.54) is 0 Å². The van der Waals surface area contributed by atoms with Crippen LogP contribution in [0.25, 0.3) is 0 Å². The molecule has 0 aliphatic carbocycles. The van der Waals surface area contributed by atoms with Crippen LogP contribution in [0.5, 0.6) is 0 Å². The maximum atomic E-state index is 12.7. The lowest BCUT2D eigenvalue weighted by Gasteiger charge is -2.19. The molecule has 21 heavy (non-hydrogen) atoms. The van der Waals surface area contributed by atoms with Gasteiger partial charge in [-0.15, -0.1) is 0 Å². The predicted octanol–water partition coefficient (Wildman–Crippen LogP) is 3.03. The number of benzene rings is 1. The van der Waals surface area contributed by atoms with Gasteiger partial charge in [0.2, 0.25) is 0 Å². The van der Waals surface area contributed by atoms with Crippen LogP contribution in [0, 0.1) is 20.8 Å². The minimum absolute atomic E-state index is 0.122. The number of carbonyl (C=O) groups is 2. The summed E-state index contributed by atoms with van der Waals surface area (Å²) in [6.07, 6.45) is 1.74. The van der Waals surface area contributed by atoms with Crippen LogP contribution in [0.3, 0.4) is 0 Å². The van der Waals surface area contributed by atoms with Crippen LogP contribution >= 0.6 is 0 Å². The van der Waals surface area contributed by atoms with E-state index in [0.29, 0.717) is 12.1 Å². The van der Waals surface area contributed by atoms with Gasteiger partial charge in [-0.05, 0) is 44.9 Å². The molecule has 2 N–H and O–H groups in total. The van der Waals surface area contributed by atoms with Crippen molar-refractivity contribution in [3.63, 3.8) is 0 Å². The van der Waals surface area contributed by atoms with Gasteiger partial charge in [0.15, 0.2) is 5.78 Å². The van der Waals surface area contributed by atoms with E-state index in [0.717, 1.165) is 29.5 Å². The summed E-state index contributed by atoms with van der Waals surface area (Å²) in [6.45, 7) is 8.50. The Morgan fingerprint density at radius 1 is 1.19 bits per heavy atom. The fraction of sp³-hybridized carbons (Fsp3) is 0.529. The fourth-order valence-electron chi connectivity index (χ4n) is 2.63. The molecular weight excluding hydrogens is 266 g/mol. The molecule has 1 unspecified atom stereocenters. The standard InChI is InChI=1S/C17H25NO3/c1-5-6-7-18-14(10-15(19)20)17(21)16-12(3)8-11(2)9-13(16)4/h8-9,14,18H,5-7,10H2,1-4H3,(H,19,20). The number of carboxylic acids is 1. The second-order valence-corrected chi connectivity index (χ2v) is 5.60. The molecule has 0 radical (unpaired) electrons. The first-order valence-corrected chi connectivity index (χ1v) is 7.44. The van der Waals surface area contributed by atoms with Gasteiger partial charge in [-0.1, -0.05) is 31.0 Å². The highest BCUT2D eigenvalue weighted by molar-refractivity contribution is 6.04. The van der Waals surface area contributed by atoms with Crippen LogP contribution in [0.2, 0.25) is 0 Å². The van der Waals surface area contributed by atoms with Crippen LogP contribution in [0.1, 0.15) is 53.2 Å². The molecule has 0 heterocycles. The second kappa shape index (κ2) is 7.93. The molecule has 0 amide bonds. The molecule has 0 aliphatic rings. The molecule has 0 fully saturated rings. The Balaban J connectivity index is 3.01. The zero-order valence-electron chi connectivity index (χ0n) is 13.3. The van der Waals surface area contributed by atoms with Crippen molar-refractivity contribution in [2.24, 2.45) is 0 Å². The first-order valence-electron chi connectivity index (χ1n) is 7.44. The van der Waals surface area contributed by atoms with Gasteiger partial charge < -0.3 is 10.4 Å². The Morgan fingerprint density at radius 3 is 2.24 bits per heavy atom. The van der Waals surface area contributed by atoms with Crippen LogP contribution in [0.15, 0.2) is 12.1 Å². The Bertz CT molecular complexity index is 500. The average molecular weight is 291 g/mol. The maximum absolute atomic E-state index is 12.7. The van der Waals surface area contributed by atoms with Crippen LogP contribution in [0.4, 0.5) is 0 Å². The molecule has 1 rings (SSSR count). The molecule has 0 bridgehead atoms. The molecule has 1 aromatic rings. The van der Waals surface area contributed by atoms with Crippen molar-refractivity contribution in [1.29, 1.82) is 0 Å². The largest absolute Gasteiger partial charge is 0.481 e. The quantitative estimate of drug-likeness (QED) is 0.571. The van der Waals surface area contributed by atoms with E-state index in [1.807, 2.05) is 32.9 Å². The smallest absolute Gasteiger partial charge is 0.305 e. The topological polar surface area (TPSA) is 66.4 Å². The highest BCUT2D eigenvalue weighted by Gasteiger charge is 2.24. The van der Waals surface area contributed by atoms with Gasteiger partial charge in [0.1, 0.15) is 0 Å². The van der Waals surface area contributed by atoms with E-state index in [-0.39, 0.29) is 12.2 Å². The summed E-state index contributed by atoms with van der Waals surface area (Å²) >= 11 is 0. The number of ketones is 1. The summed E-state index contributed by atoms with van der Waals surface area (Å²) in [5.41, 5.74) is 3.57. The third-order valence-electron chi connectivity index (χ3n) is 3.54. The number of hydrogen-bond donors (Lipinski definition) is 2. The molecule has 0 saturated heterocycles. The lowest BCUT2D eigenvalue weighted by atomic mass is 9.92. The minimum atomic E-state index is -0.959. The Morgan fingerprint density at radius 2 is 1.76 bits per heavy atom. The average Bonchev–Trinajstić information content (AvgIpc) is 2.35. The highest BCUT2D eigenvalue weighted by Crippen LogP contribution is 2.19. The summed E-state index contributed by atoms with van der Waals surface area (Å²) in [5.74, 6) is -1.08. The number of unbranched alkanes of at least 4 members (excludes halogenated alkanes) is 1. The van der Waals surface area contributed by atoms with Gasteiger partial charge >= 0.3 is 5.97 Å². The Labute approximate surface area is 126 Å². The van der Waals surface area contributed by atoms with Gasteiger partial charge in [-0.2, -0.15) is 0 Å². The molecule has 1 atom stereocenters. The Hall–Kier alpha value is -1.68. The van der Waals surface area contributed by atoms with Crippen molar-refractivity contribution < 1.29 is 14.7 Å². The molecular formula is C17H25NO3. The van der Waals surface area contributed by atoms with E-state index in [1.54, 1.807) is 0 Å². The van der Waals surface area contributed by atoms with Gasteiger partial charge in [-0.3, -0.25) is 9.59 Å². The van der Waals surface area contributed by atoms with E-state index >= 15 is 0 Å². The van der Waals surface area contributed by atoms with Crippen molar-refractivity contribution in [3.05, 3.63) is 34.4 Å². The van der Waals surface area contributed by atoms with Crippen LogP contribution < -0.4 is 5.32 Å². The van der Waals surface area contributed by atoms with Crippen molar-refractivity contribution >= 4 is 11.8 Å². The van der Waals surface area contributed by atoms with Crippen molar-refractivity contribution in [3.8, 4) is 0 Å². The zero-order valence-corrected chi connectivity index (χ0v) is 13.3. The summed E-state index contributed by atoms with van der Waals surface area (Å²) in [4.78, 5) is 23.7. The van der Waals surface area contributed by atoms with E-state index in [2.05, 4.69) is 12.2 Å². The number of Topliss-reactive ketones (excluding diaryl/α,β-unsaturated/α-hetero) is 1. The van der Waals surface area contributed by atoms with Crippen LogP contribution in [-0.4, -0.2) is 29.4 Å². The fourth-order valence-corrected chi connectivity index (χ4v) is 2.63. The third-order valence-corrected chi connectivity index (χ3v) is 3.54. The SMILES string of the molecule is CCCCNC(CC(=O)O)C(=O)c1c(C)cc(C)cc1C. The zero-order chi connectivity index (χ0) is 16.0. The minimum Gasteiger partial charge on any atom is -0.481 e. The number of hydrogen-bond acceptors (Lipinski definition) is 3. The number of nitrogens with one attached hydrogen (secondary N) is 1. The Kier molecular flexibility index (Phi) is 6.56. The molecule has 0 aromatic heterocycles. The molecule has 0 aliphatic heterocycles. The molecule has 116 valence electrons. The van der Waals surface area contributed by atoms with E-state index < -0.39 is 12.0 Å². The van der Waals surface area contributed by atoms with Gasteiger partial charge in [0, 0.05) is 5.56 Å². The lowest BCUT2D eigenvalue weighted by molar-refractivity contribution is -0.137. The van der Waals surface area contributed by atoms with E-state index in [9.17, 15) is 9.59 Å². The van der Waals surface area contributed by atoms with Crippen molar-refractivity contribution in [2.75, 3.05) is 6.54 Å². The van der Waals surface area contributed by atoms with Crippen LogP contribution in [-0.2, 0) is 4.79 Å².